The molecule has 2 aromatic rings. The van der Waals surface area contributed by atoms with E-state index >= 15 is 0 Å². The molecule has 0 aliphatic rings. The van der Waals surface area contributed by atoms with E-state index in [1.807, 2.05) is 12.2 Å². The third kappa shape index (κ3) is 5.98. The van der Waals surface area contributed by atoms with Crippen molar-refractivity contribution in [3.63, 3.8) is 0 Å². The van der Waals surface area contributed by atoms with Crippen LogP contribution in [0.3, 0.4) is 0 Å². The van der Waals surface area contributed by atoms with Gasteiger partial charge < -0.3 is 10.6 Å². The first kappa shape index (κ1) is 20.2. The van der Waals surface area contributed by atoms with Gasteiger partial charge in [-0.2, -0.15) is 0 Å². The molecule has 2 heteroatoms. The zero-order valence-electron chi connectivity index (χ0n) is 16.1. The first-order valence-electron chi connectivity index (χ1n) is 9.49. The molecular weight excluding hydrogens is 316 g/mol. The Hall–Kier alpha value is -2.16. The van der Waals surface area contributed by atoms with Gasteiger partial charge in [0.05, 0.1) is 0 Å². The number of nitrogens with one attached hydrogen (secondary N) is 2. The fraction of sp³-hybridized carbons (Fsp3) is 0.333. The molecule has 0 unspecified atom stereocenters. The number of hydrogen-bond acceptors (Lipinski definition) is 2. The summed E-state index contributed by atoms with van der Waals surface area (Å²) in [5, 5.41) is 7.59. The van der Waals surface area contributed by atoms with E-state index in [0.29, 0.717) is 0 Å². The lowest BCUT2D eigenvalue weighted by Gasteiger charge is -2.33. The van der Waals surface area contributed by atoms with Crippen molar-refractivity contribution in [1.29, 1.82) is 0 Å². The summed E-state index contributed by atoms with van der Waals surface area (Å²) in [6.07, 6.45) is 5.81. The van der Waals surface area contributed by atoms with Crippen LogP contribution < -0.4 is 10.6 Å². The van der Waals surface area contributed by atoms with Crippen LogP contribution in [0.4, 0.5) is 0 Å². The summed E-state index contributed by atoms with van der Waals surface area (Å²) in [5.74, 6) is 0. The molecule has 0 aliphatic carbocycles. The summed E-state index contributed by atoms with van der Waals surface area (Å²) >= 11 is 0. The van der Waals surface area contributed by atoms with Gasteiger partial charge in [-0.15, -0.1) is 13.2 Å². The first-order valence-corrected chi connectivity index (χ1v) is 9.49. The molecule has 0 amide bonds. The summed E-state index contributed by atoms with van der Waals surface area (Å²) in [6, 6.07) is 22.3. The Balaban J connectivity index is 2.11. The maximum absolute atomic E-state index is 3.97. The van der Waals surface area contributed by atoms with Gasteiger partial charge in [0.25, 0.3) is 0 Å². The maximum Gasteiger partial charge on any atom is 0.0295 e. The summed E-state index contributed by atoms with van der Waals surface area (Å²) in [5.41, 5.74) is 2.60. The van der Waals surface area contributed by atoms with E-state index in [-0.39, 0.29) is 24.2 Å². The predicted octanol–water partition coefficient (Wildman–Crippen LogP) is 5.58. The number of hydrogen-bond donors (Lipinski definition) is 2. The minimum Gasteiger partial charge on any atom is -0.306 e. The van der Waals surface area contributed by atoms with Crippen molar-refractivity contribution in [1.82, 2.24) is 10.6 Å². The van der Waals surface area contributed by atoms with E-state index in [1.54, 1.807) is 0 Å². The maximum atomic E-state index is 3.97. The molecule has 138 valence electrons. The molecule has 2 rings (SSSR count). The van der Waals surface area contributed by atoms with Crippen LogP contribution in [0.25, 0.3) is 0 Å². The van der Waals surface area contributed by atoms with E-state index in [4.69, 9.17) is 0 Å². The van der Waals surface area contributed by atoms with E-state index < -0.39 is 0 Å². The minimum absolute atomic E-state index is 0.280. The van der Waals surface area contributed by atoms with Crippen molar-refractivity contribution in [2.75, 3.05) is 0 Å². The van der Waals surface area contributed by atoms with Crippen LogP contribution in [-0.4, -0.2) is 12.1 Å². The molecule has 4 atom stereocenters. The second kappa shape index (κ2) is 10.7. The van der Waals surface area contributed by atoms with E-state index in [1.165, 1.54) is 11.1 Å². The average molecular weight is 349 g/mol. The third-order valence-electron chi connectivity index (χ3n) is 4.85. The van der Waals surface area contributed by atoms with Crippen LogP contribution in [0, 0.1) is 0 Å². The molecule has 0 aliphatic heterocycles. The molecule has 2 N–H and O–H groups in total. The topological polar surface area (TPSA) is 24.1 Å². The monoisotopic (exact) mass is 348 g/mol. The summed E-state index contributed by atoms with van der Waals surface area (Å²) < 4.78 is 0. The van der Waals surface area contributed by atoms with Crippen molar-refractivity contribution in [3.8, 4) is 0 Å². The largest absolute Gasteiger partial charge is 0.306 e. The van der Waals surface area contributed by atoms with Gasteiger partial charge in [0.2, 0.25) is 0 Å². The molecule has 0 bridgehead atoms. The third-order valence-corrected chi connectivity index (χ3v) is 4.85. The van der Waals surface area contributed by atoms with Crippen LogP contribution in [0.15, 0.2) is 86.0 Å². The second-order valence-electron chi connectivity index (χ2n) is 6.86. The smallest absolute Gasteiger partial charge is 0.0295 e. The van der Waals surface area contributed by atoms with Gasteiger partial charge in [-0.1, -0.05) is 72.8 Å². The molecule has 26 heavy (non-hydrogen) atoms. The van der Waals surface area contributed by atoms with Gasteiger partial charge >= 0.3 is 0 Å². The van der Waals surface area contributed by atoms with Crippen LogP contribution >= 0.6 is 0 Å². The van der Waals surface area contributed by atoms with E-state index in [0.717, 1.165) is 12.8 Å². The van der Waals surface area contributed by atoms with Crippen LogP contribution in [0.2, 0.25) is 0 Å². The predicted molar refractivity (Wildman–Crippen MR) is 113 cm³/mol. The lowest BCUT2D eigenvalue weighted by molar-refractivity contribution is 0.324. The lowest BCUT2D eigenvalue weighted by atomic mass is 9.97. The Bertz CT molecular complexity index is 591. The number of benzene rings is 2. The summed E-state index contributed by atoms with van der Waals surface area (Å²) in [4.78, 5) is 0. The molecule has 0 heterocycles. The average Bonchev–Trinajstić information content (AvgIpc) is 2.68. The molecule has 2 aromatic carbocycles. The first-order chi connectivity index (χ1) is 12.7. The quantitative estimate of drug-likeness (QED) is 0.518. The SMILES string of the molecule is C=CC[C@@H](N[C@H](C)c1ccccc1)[C@@H](CC=C)N[C@H](C)c1ccccc1. The van der Waals surface area contributed by atoms with Gasteiger partial charge in [0.15, 0.2) is 0 Å². The molecular formula is C24H32N2. The Kier molecular flexibility index (Phi) is 8.33. The van der Waals surface area contributed by atoms with Crippen molar-refractivity contribution in [2.24, 2.45) is 0 Å². The lowest BCUT2D eigenvalue weighted by Crippen LogP contribution is -2.49. The summed E-state index contributed by atoms with van der Waals surface area (Å²) in [6.45, 7) is 12.4. The van der Waals surface area contributed by atoms with Gasteiger partial charge in [-0.3, -0.25) is 0 Å². The van der Waals surface area contributed by atoms with Gasteiger partial charge in [-0.05, 0) is 37.8 Å². The van der Waals surface area contributed by atoms with E-state index in [2.05, 4.69) is 98.3 Å². The fourth-order valence-corrected chi connectivity index (χ4v) is 3.37. The Morgan fingerprint density at radius 1 is 0.692 bits per heavy atom. The molecule has 0 saturated carbocycles. The molecule has 0 radical (unpaired) electrons. The zero-order chi connectivity index (χ0) is 18.8. The highest BCUT2D eigenvalue weighted by Crippen LogP contribution is 2.19. The van der Waals surface area contributed by atoms with Crippen molar-refractivity contribution in [2.45, 2.75) is 50.9 Å². The number of rotatable bonds is 11. The molecule has 0 saturated heterocycles. The Morgan fingerprint density at radius 2 is 1.04 bits per heavy atom. The Labute approximate surface area is 159 Å². The van der Waals surface area contributed by atoms with Crippen molar-refractivity contribution in [3.05, 3.63) is 97.1 Å². The fourth-order valence-electron chi connectivity index (χ4n) is 3.37. The van der Waals surface area contributed by atoms with E-state index in [9.17, 15) is 0 Å². The molecule has 0 aromatic heterocycles. The highest BCUT2D eigenvalue weighted by atomic mass is 15.0. The van der Waals surface area contributed by atoms with Crippen LogP contribution in [0.1, 0.15) is 49.9 Å². The Morgan fingerprint density at radius 3 is 1.35 bits per heavy atom. The normalized spacial score (nSPS) is 15.6. The van der Waals surface area contributed by atoms with Crippen molar-refractivity contribution < 1.29 is 0 Å². The van der Waals surface area contributed by atoms with Crippen LogP contribution in [0.5, 0.6) is 0 Å². The zero-order valence-corrected chi connectivity index (χ0v) is 16.1. The van der Waals surface area contributed by atoms with Crippen LogP contribution in [-0.2, 0) is 0 Å². The molecule has 0 spiro atoms. The van der Waals surface area contributed by atoms with Crippen molar-refractivity contribution >= 4 is 0 Å². The van der Waals surface area contributed by atoms with Gasteiger partial charge in [0, 0.05) is 24.2 Å². The summed E-state index contributed by atoms with van der Waals surface area (Å²) in [7, 11) is 0. The highest BCUT2D eigenvalue weighted by Gasteiger charge is 2.23. The van der Waals surface area contributed by atoms with Gasteiger partial charge in [-0.25, -0.2) is 0 Å². The molecule has 0 fully saturated rings. The molecule has 2 nitrogen and oxygen atoms in total. The van der Waals surface area contributed by atoms with Gasteiger partial charge in [0.1, 0.15) is 0 Å². The minimum atomic E-state index is 0.280. The highest BCUT2D eigenvalue weighted by molar-refractivity contribution is 5.20. The second-order valence-corrected chi connectivity index (χ2v) is 6.86. The standard InChI is InChI=1S/C24H32N2/c1-5-13-23(25-19(3)21-15-9-7-10-16-21)24(14-6-2)26-20(4)22-17-11-8-12-18-22/h5-12,15-20,23-26H,1-2,13-14H2,3-4H3/t19-,20-,23-,24-/m1/s1.